The molecule has 0 radical (unpaired) electrons. The van der Waals surface area contributed by atoms with Crippen molar-refractivity contribution in [3.8, 4) is 0 Å². The Bertz CT molecular complexity index is 649. The first-order valence-electron chi connectivity index (χ1n) is 6.32. The van der Waals surface area contributed by atoms with Gasteiger partial charge in [-0.1, -0.05) is 34.1 Å². The maximum atomic E-state index is 11.8. The lowest BCUT2D eigenvalue weighted by Crippen LogP contribution is -2.24. The fraction of sp³-hybridized carbons (Fsp3) is 0.200. The second kappa shape index (κ2) is 5.50. The van der Waals surface area contributed by atoms with E-state index in [2.05, 4.69) is 21.0 Å². The summed E-state index contributed by atoms with van der Waals surface area (Å²) in [4.78, 5) is 13.0. The molecule has 0 aliphatic carbocycles. The lowest BCUT2D eigenvalue weighted by molar-refractivity contribution is -0.130. The highest BCUT2D eigenvalue weighted by molar-refractivity contribution is 9.10. The first-order valence-corrected chi connectivity index (χ1v) is 7.99. The molecule has 0 fully saturated rings. The maximum Gasteiger partial charge on any atom is 0.240 e. The molecule has 102 valence electrons. The van der Waals surface area contributed by atoms with E-state index in [0.29, 0.717) is 0 Å². The second-order valence-electron chi connectivity index (χ2n) is 4.66. The molecule has 3 nitrogen and oxygen atoms in total. The number of halogens is 1. The zero-order valence-electron chi connectivity index (χ0n) is 10.9. The van der Waals surface area contributed by atoms with Crippen LogP contribution in [0.1, 0.15) is 29.8 Å². The Hall–Kier alpha value is -1.46. The number of rotatable bonds is 2. The predicted octanol–water partition coefficient (Wildman–Crippen LogP) is 4.21. The van der Waals surface area contributed by atoms with Crippen LogP contribution in [0.3, 0.4) is 0 Å². The summed E-state index contributed by atoms with van der Waals surface area (Å²) in [6.45, 7) is 1.56. The van der Waals surface area contributed by atoms with Gasteiger partial charge in [0.05, 0.1) is 16.6 Å². The average molecular weight is 349 g/mol. The molecule has 1 aromatic heterocycles. The molecule has 1 atom stereocenters. The van der Waals surface area contributed by atoms with Gasteiger partial charge < -0.3 is 0 Å². The summed E-state index contributed by atoms with van der Waals surface area (Å²) in [5, 5.41) is 8.14. The molecule has 0 bridgehead atoms. The third-order valence-electron chi connectivity index (χ3n) is 3.29. The summed E-state index contributed by atoms with van der Waals surface area (Å²) in [6, 6.07) is 12.1. The SMILES string of the molecule is CC(=O)N1N=C(c2cccs2)C[C@@H]1c1ccc(Br)cc1. The molecule has 1 aliphatic heterocycles. The van der Waals surface area contributed by atoms with Gasteiger partial charge in [0.25, 0.3) is 0 Å². The molecule has 0 saturated carbocycles. The number of amides is 1. The highest BCUT2D eigenvalue weighted by Crippen LogP contribution is 2.34. The zero-order chi connectivity index (χ0) is 14.1. The fourth-order valence-corrected chi connectivity index (χ4v) is 3.32. The van der Waals surface area contributed by atoms with Crippen LogP contribution in [0.5, 0.6) is 0 Å². The minimum absolute atomic E-state index is 0.00213. The van der Waals surface area contributed by atoms with Crippen LogP contribution in [0.4, 0.5) is 0 Å². The van der Waals surface area contributed by atoms with E-state index < -0.39 is 0 Å². The Balaban J connectivity index is 1.93. The zero-order valence-corrected chi connectivity index (χ0v) is 13.3. The van der Waals surface area contributed by atoms with Gasteiger partial charge in [0, 0.05) is 17.8 Å². The monoisotopic (exact) mass is 348 g/mol. The maximum absolute atomic E-state index is 11.8. The van der Waals surface area contributed by atoms with Crippen molar-refractivity contribution in [3.05, 3.63) is 56.7 Å². The van der Waals surface area contributed by atoms with E-state index in [0.717, 1.165) is 27.0 Å². The first kappa shape index (κ1) is 13.5. The van der Waals surface area contributed by atoms with Gasteiger partial charge >= 0.3 is 0 Å². The summed E-state index contributed by atoms with van der Waals surface area (Å²) in [7, 11) is 0. The lowest BCUT2D eigenvalue weighted by atomic mass is 10.0. The molecule has 3 rings (SSSR count). The van der Waals surface area contributed by atoms with Crippen molar-refractivity contribution in [2.24, 2.45) is 5.10 Å². The summed E-state index contributed by atoms with van der Waals surface area (Å²) in [6.07, 6.45) is 0.766. The van der Waals surface area contributed by atoms with E-state index in [9.17, 15) is 4.79 Å². The normalized spacial score (nSPS) is 18.2. The second-order valence-corrected chi connectivity index (χ2v) is 6.52. The number of benzene rings is 1. The Morgan fingerprint density at radius 2 is 2.10 bits per heavy atom. The van der Waals surface area contributed by atoms with Gasteiger partial charge in [-0.15, -0.1) is 11.3 Å². The van der Waals surface area contributed by atoms with E-state index in [1.54, 1.807) is 23.3 Å². The molecule has 1 amide bonds. The number of thiophene rings is 1. The molecule has 0 saturated heterocycles. The van der Waals surface area contributed by atoms with Gasteiger partial charge in [-0.2, -0.15) is 5.10 Å². The Morgan fingerprint density at radius 3 is 2.70 bits per heavy atom. The van der Waals surface area contributed by atoms with E-state index >= 15 is 0 Å². The quantitative estimate of drug-likeness (QED) is 0.800. The van der Waals surface area contributed by atoms with Gasteiger partial charge in [-0.3, -0.25) is 4.79 Å². The number of carbonyl (C=O) groups is 1. The fourth-order valence-electron chi connectivity index (χ4n) is 2.34. The number of hydrazone groups is 1. The van der Waals surface area contributed by atoms with Gasteiger partial charge in [0.2, 0.25) is 5.91 Å². The topological polar surface area (TPSA) is 32.7 Å². The Morgan fingerprint density at radius 1 is 1.35 bits per heavy atom. The van der Waals surface area contributed by atoms with E-state index in [-0.39, 0.29) is 11.9 Å². The molecule has 0 N–H and O–H groups in total. The highest BCUT2D eigenvalue weighted by Gasteiger charge is 2.31. The van der Waals surface area contributed by atoms with Crippen molar-refractivity contribution in [2.75, 3.05) is 0 Å². The number of hydrogen-bond donors (Lipinski definition) is 0. The smallest absolute Gasteiger partial charge is 0.240 e. The van der Waals surface area contributed by atoms with Gasteiger partial charge in [-0.05, 0) is 29.1 Å². The van der Waals surface area contributed by atoms with E-state index in [4.69, 9.17) is 0 Å². The van der Waals surface area contributed by atoms with Gasteiger partial charge in [0.15, 0.2) is 0 Å². The summed E-state index contributed by atoms with van der Waals surface area (Å²) in [5.74, 6) is -0.0236. The van der Waals surface area contributed by atoms with Crippen molar-refractivity contribution in [1.29, 1.82) is 0 Å². The van der Waals surface area contributed by atoms with Crippen molar-refractivity contribution in [2.45, 2.75) is 19.4 Å². The average Bonchev–Trinajstić information content (AvgIpc) is 3.08. The standard InChI is InChI=1S/C15H13BrN2OS/c1-10(19)18-14(11-4-6-12(16)7-5-11)9-13(17-18)15-3-2-8-20-15/h2-8,14H,9H2,1H3/t14-/m1/s1. The van der Waals surface area contributed by atoms with Crippen LogP contribution < -0.4 is 0 Å². The number of nitrogens with zero attached hydrogens (tertiary/aromatic N) is 2. The van der Waals surface area contributed by atoms with Gasteiger partial charge in [0.1, 0.15) is 0 Å². The van der Waals surface area contributed by atoms with Crippen LogP contribution in [0.2, 0.25) is 0 Å². The molecule has 2 heterocycles. The molecular formula is C15H13BrN2OS. The summed E-state index contributed by atoms with van der Waals surface area (Å²) in [5.41, 5.74) is 2.10. The molecular weight excluding hydrogens is 336 g/mol. The Kier molecular flexibility index (Phi) is 3.72. The van der Waals surface area contributed by atoms with Crippen LogP contribution in [-0.2, 0) is 4.79 Å². The third kappa shape index (κ3) is 2.55. The molecule has 5 heteroatoms. The van der Waals surface area contributed by atoms with E-state index in [1.807, 2.05) is 41.8 Å². The molecule has 1 aliphatic rings. The Labute approximate surface area is 130 Å². The third-order valence-corrected chi connectivity index (χ3v) is 4.74. The van der Waals surface area contributed by atoms with Crippen LogP contribution in [0.15, 0.2) is 51.4 Å². The lowest BCUT2D eigenvalue weighted by Gasteiger charge is -2.20. The van der Waals surface area contributed by atoms with Gasteiger partial charge in [-0.25, -0.2) is 5.01 Å². The van der Waals surface area contributed by atoms with E-state index in [1.165, 1.54) is 0 Å². The number of carbonyl (C=O) groups excluding carboxylic acids is 1. The van der Waals surface area contributed by atoms with Crippen molar-refractivity contribution in [1.82, 2.24) is 5.01 Å². The first-order chi connectivity index (χ1) is 9.65. The molecule has 20 heavy (non-hydrogen) atoms. The summed E-state index contributed by atoms with van der Waals surface area (Å²) < 4.78 is 1.04. The largest absolute Gasteiger partial charge is 0.273 e. The predicted molar refractivity (Wildman–Crippen MR) is 84.9 cm³/mol. The van der Waals surface area contributed by atoms with Crippen LogP contribution >= 0.6 is 27.3 Å². The highest BCUT2D eigenvalue weighted by atomic mass is 79.9. The minimum Gasteiger partial charge on any atom is -0.273 e. The molecule has 0 unspecified atom stereocenters. The summed E-state index contributed by atoms with van der Waals surface area (Å²) >= 11 is 5.09. The van der Waals surface area contributed by atoms with Crippen LogP contribution in [0.25, 0.3) is 0 Å². The van der Waals surface area contributed by atoms with Crippen LogP contribution in [-0.4, -0.2) is 16.6 Å². The number of hydrogen-bond acceptors (Lipinski definition) is 3. The van der Waals surface area contributed by atoms with Crippen molar-refractivity contribution >= 4 is 38.9 Å². The molecule has 0 spiro atoms. The molecule has 2 aromatic rings. The molecule has 1 aromatic carbocycles. The van der Waals surface area contributed by atoms with Crippen molar-refractivity contribution < 1.29 is 4.79 Å². The minimum atomic E-state index is -0.0236. The van der Waals surface area contributed by atoms with Crippen LogP contribution in [0, 0.1) is 0 Å². The van der Waals surface area contributed by atoms with Crippen molar-refractivity contribution in [3.63, 3.8) is 0 Å².